The molecule has 0 N–H and O–H groups in total. The van der Waals surface area contributed by atoms with Crippen molar-refractivity contribution >= 4 is 0 Å². The summed E-state index contributed by atoms with van der Waals surface area (Å²) in [6, 6.07) is 0. The summed E-state index contributed by atoms with van der Waals surface area (Å²) >= 11 is 0. The predicted octanol–water partition coefficient (Wildman–Crippen LogP) is 10.6. The molecule has 0 radical (unpaired) electrons. The van der Waals surface area contributed by atoms with Crippen LogP contribution in [0.4, 0.5) is 8.78 Å². The van der Waals surface area contributed by atoms with E-state index in [-0.39, 0.29) is 19.5 Å². The van der Waals surface area contributed by atoms with E-state index in [2.05, 4.69) is 76.2 Å². The Labute approximate surface area is 227 Å². The van der Waals surface area contributed by atoms with E-state index < -0.39 is 0 Å². The number of ether oxygens (including phenoxy) is 3. The number of halogens is 2. The van der Waals surface area contributed by atoms with Crippen molar-refractivity contribution in [3.05, 3.63) is 0 Å². The molecule has 0 unspecified atom stereocenters. The zero-order valence-corrected chi connectivity index (χ0v) is 27.1. The average molecular weight is 527 g/mol. The minimum atomic E-state index is -0.271. The monoisotopic (exact) mass is 527 g/mol. The van der Waals surface area contributed by atoms with Crippen LogP contribution in [0.3, 0.4) is 0 Å². The van der Waals surface area contributed by atoms with Gasteiger partial charge in [0.25, 0.3) is 0 Å². The number of alkyl halides is 2. The molecule has 0 aliphatic carbocycles. The van der Waals surface area contributed by atoms with Gasteiger partial charge in [-0.25, -0.2) is 0 Å². The molecule has 0 heterocycles. The van der Waals surface area contributed by atoms with Gasteiger partial charge in [-0.05, 0) is 85.5 Å². The highest BCUT2D eigenvalue weighted by atomic mass is 18.2. The van der Waals surface area contributed by atoms with Crippen molar-refractivity contribution < 1.29 is 23.0 Å². The van der Waals surface area contributed by atoms with Crippen LogP contribution in [0.5, 0.6) is 0 Å². The van der Waals surface area contributed by atoms with Crippen LogP contribution in [0, 0.1) is 11.8 Å². The van der Waals surface area contributed by atoms with Gasteiger partial charge < -0.3 is 14.2 Å². The highest BCUT2D eigenvalue weighted by molar-refractivity contribution is 4.42. The fourth-order valence-electron chi connectivity index (χ4n) is 2.25. The van der Waals surface area contributed by atoms with Gasteiger partial charge >= 0.3 is 0 Å². The van der Waals surface area contributed by atoms with Crippen LogP contribution in [0.25, 0.3) is 0 Å². The van der Waals surface area contributed by atoms with Gasteiger partial charge in [0, 0.05) is 19.8 Å². The molecule has 0 aliphatic rings. The third-order valence-corrected chi connectivity index (χ3v) is 4.11. The largest absolute Gasteiger partial charge is 0.379 e. The van der Waals surface area contributed by atoms with E-state index in [1.807, 2.05) is 13.8 Å². The highest BCUT2D eigenvalue weighted by Gasteiger charge is 1.91. The molecule has 0 rings (SSSR count). The molecule has 0 aromatic carbocycles. The Morgan fingerprint density at radius 2 is 0.833 bits per heavy atom. The summed E-state index contributed by atoms with van der Waals surface area (Å²) in [5.41, 5.74) is 0. The van der Waals surface area contributed by atoms with Crippen LogP contribution in [0.2, 0.25) is 0 Å². The second-order valence-corrected chi connectivity index (χ2v) is 10.6. The molecule has 3 nitrogen and oxygen atoms in total. The van der Waals surface area contributed by atoms with Gasteiger partial charge in [0.05, 0.1) is 31.7 Å². The van der Waals surface area contributed by atoms with E-state index in [4.69, 9.17) is 14.2 Å². The lowest BCUT2D eigenvalue weighted by molar-refractivity contribution is 0.0736. The van der Waals surface area contributed by atoms with Crippen LogP contribution in [-0.4, -0.2) is 51.5 Å². The average Bonchev–Trinajstić information content (AvgIpc) is 2.78. The van der Waals surface area contributed by atoms with E-state index in [9.17, 15) is 8.78 Å². The zero-order chi connectivity index (χ0) is 29.2. The second-order valence-electron chi connectivity index (χ2n) is 10.6. The summed E-state index contributed by atoms with van der Waals surface area (Å²) < 4.78 is 38.2. The number of rotatable bonds is 16. The standard InChI is InChI=1S/C7H16O.C6H13FO.C6H13F.C6H14O.C6H14/c1-4-5-6-8-7(2)3;1-6(2)8-5-3-4-7;1-6(2)4-3-5-7;1-4-5-7-6(2)3;1-4-5-6(2)3/h7H,4-6H2,1-3H3;6H,3-5H2,1-2H3;6H,3-5H2,1-2H3;6H,4-5H2,1-3H3;6H,4-5H2,1-3H3/i;2*7-1;;. The first-order chi connectivity index (χ1) is 16.9. The number of hydrogen-bond donors (Lipinski definition) is 0. The first-order valence-electron chi connectivity index (χ1n) is 14.8. The fraction of sp³-hybridized carbons (Fsp3) is 1.00. The van der Waals surface area contributed by atoms with Gasteiger partial charge in [-0.2, -0.15) is 0 Å². The van der Waals surface area contributed by atoms with Gasteiger partial charge in [-0.1, -0.05) is 67.7 Å². The molecule has 0 saturated heterocycles. The van der Waals surface area contributed by atoms with Gasteiger partial charge in [0.2, 0.25) is 0 Å². The third kappa shape index (κ3) is 84.1. The fourth-order valence-corrected chi connectivity index (χ4v) is 2.25. The van der Waals surface area contributed by atoms with Crippen LogP contribution >= 0.6 is 0 Å². The van der Waals surface area contributed by atoms with Crippen LogP contribution in [0.15, 0.2) is 0 Å². The minimum Gasteiger partial charge on any atom is -0.379 e. The van der Waals surface area contributed by atoms with Crippen molar-refractivity contribution in [2.24, 2.45) is 11.8 Å². The second kappa shape index (κ2) is 41.9. The normalized spacial score (nSPS) is 10.3. The maximum absolute atomic E-state index is 11.4. The van der Waals surface area contributed by atoms with Crippen molar-refractivity contribution in [1.29, 1.82) is 0 Å². The summed E-state index contributed by atoms with van der Waals surface area (Å²) in [7, 11) is 0. The maximum Gasteiger partial charge on any atom is 0.0916 e. The molecule has 0 fully saturated rings. The lowest BCUT2D eigenvalue weighted by Crippen LogP contribution is -2.03. The molecule has 226 valence electrons. The summed E-state index contributed by atoms with van der Waals surface area (Å²) in [5.74, 6) is 1.56. The predicted molar refractivity (Wildman–Crippen MR) is 159 cm³/mol. The van der Waals surface area contributed by atoms with E-state index in [1.54, 1.807) is 0 Å². The first-order valence-corrected chi connectivity index (χ1v) is 14.8. The quantitative estimate of drug-likeness (QED) is 0.187. The molecule has 0 spiro atoms. The molecular weight excluding hydrogens is 456 g/mol. The minimum absolute atomic E-state index is 0.155. The summed E-state index contributed by atoms with van der Waals surface area (Å²) in [6.45, 7) is 29.3. The Balaban J connectivity index is -0.000000112. The highest BCUT2D eigenvalue weighted by Crippen LogP contribution is 2.02. The van der Waals surface area contributed by atoms with E-state index >= 15 is 0 Å². The van der Waals surface area contributed by atoms with Crippen molar-refractivity contribution in [1.82, 2.24) is 0 Å². The molecule has 0 bridgehead atoms. The van der Waals surface area contributed by atoms with E-state index in [1.165, 1.54) is 25.7 Å². The smallest absolute Gasteiger partial charge is 0.0916 e. The number of unbranched alkanes of at least 4 members (excludes halogenated alkanes) is 1. The molecule has 0 amide bonds. The van der Waals surface area contributed by atoms with E-state index in [0.29, 0.717) is 31.2 Å². The van der Waals surface area contributed by atoms with E-state index in [0.717, 1.165) is 38.4 Å². The molecule has 0 saturated carbocycles. The lowest BCUT2D eigenvalue weighted by atomic mass is 10.1. The Hall–Kier alpha value is -0.260. The van der Waals surface area contributed by atoms with Crippen molar-refractivity contribution in [2.45, 2.75) is 160 Å². The molecule has 36 heavy (non-hydrogen) atoms. The van der Waals surface area contributed by atoms with Gasteiger partial charge in [-0.15, -0.1) is 0 Å². The molecule has 0 atom stereocenters. The molecule has 0 aliphatic heterocycles. The lowest BCUT2D eigenvalue weighted by Gasteiger charge is -2.04. The van der Waals surface area contributed by atoms with Gasteiger partial charge in [0.15, 0.2) is 0 Å². The van der Waals surface area contributed by atoms with Crippen LogP contribution in [0.1, 0.15) is 141 Å². The Morgan fingerprint density at radius 3 is 1.03 bits per heavy atom. The maximum atomic E-state index is 11.4. The summed E-state index contributed by atoms with van der Waals surface area (Å²) in [6.07, 6.45) is 9.58. The topological polar surface area (TPSA) is 27.7 Å². The SMILES string of the molecule is CC(C)CCC[18F].CC(C)OCCC[18F].CCCC(C)C.CCCCOC(C)C.CCCOC(C)C. The van der Waals surface area contributed by atoms with Gasteiger partial charge in [0.1, 0.15) is 0 Å². The zero-order valence-electron chi connectivity index (χ0n) is 27.1. The van der Waals surface area contributed by atoms with Crippen LogP contribution < -0.4 is 0 Å². The number of hydrogen-bond acceptors (Lipinski definition) is 3. The molecule has 5 heteroatoms. The van der Waals surface area contributed by atoms with Crippen molar-refractivity contribution in [3.63, 3.8) is 0 Å². The third-order valence-electron chi connectivity index (χ3n) is 4.11. The Kier molecular flexibility index (Phi) is 53.1. The Morgan fingerprint density at radius 1 is 0.444 bits per heavy atom. The Bertz CT molecular complexity index is 297. The molecule has 0 aromatic heterocycles. The first kappa shape index (κ1) is 45.6. The van der Waals surface area contributed by atoms with Crippen molar-refractivity contribution in [2.75, 3.05) is 33.2 Å². The van der Waals surface area contributed by atoms with Crippen LogP contribution in [-0.2, 0) is 14.2 Å². The summed E-state index contributed by atoms with van der Waals surface area (Å²) in [5, 5.41) is 0. The van der Waals surface area contributed by atoms with Crippen molar-refractivity contribution in [3.8, 4) is 0 Å². The van der Waals surface area contributed by atoms with Gasteiger partial charge in [-0.3, -0.25) is 8.78 Å². The summed E-state index contributed by atoms with van der Waals surface area (Å²) in [4.78, 5) is 0. The molecule has 0 aromatic rings. The molecular formula is C31H70F2O3.